The van der Waals surface area contributed by atoms with Crippen molar-refractivity contribution in [2.75, 3.05) is 6.61 Å². The second-order valence-corrected chi connectivity index (χ2v) is 5.53. The Hall–Kier alpha value is -1.89. The first-order valence-corrected chi connectivity index (χ1v) is 8.15. The highest BCUT2D eigenvalue weighted by Crippen LogP contribution is 2.16. The Morgan fingerprint density at radius 3 is 1.74 bits per heavy atom. The van der Waals surface area contributed by atoms with Crippen LogP contribution in [0.4, 0.5) is 0 Å². The molecule has 0 aliphatic rings. The Morgan fingerprint density at radius 2 is 1.35 bits per heavy atom. The van der Waals surface area contributed by atoms with Gasteiger partial charge in [0.25, 0.3) is 0 Å². The van der Waals surface area contributed by atoms with Crippen LogP contribution in [0.5, 0.6) is 0 Å². The van der Waals surface area contributed by atoms with Crippen molar-refractivity contribution < 1.29 is 20.1 Å². The molecule has 0 radical (unpaired) electrons. The number of unbranched alkanes of at least 4 members (excludes halogenated alkanes) is 8. The van der Waals surface area contributed by atoms with Gasteiger partial charge in [-0.3, -0.25) is 0 Å². The number of nitrogens with zero attached hydrogens (tertiary/aromatic N) is 2. The average molecular weight is 322 g/mol. The molecule has 0 saturated heterocycles. The van der Waals surface area contributed by atoms with E-state index in [0.29, 0.717) is 6.42 Å². The number of carboxylic acid groups (broad SMARTS) is 1. The van der Waals surface area contributed by atoms with Gasteiger partial charge in [0, 0.05) is 6.61 Å². The van der Waals surface area contributed by atoms with Crippen LogP contribution in [0.1, 0.15) is 64.2 Å². The summed E-state index contributed by atoms with van der Waals surface area (Å²) in [5, 5.41) is 45.0. The maximum Gasteiger partial charge on any atom is 0.347 e. The van der Waals surface area contributed by atoms with E-state index < -0.39 is 17.6 Å². The molecule has 0 aliphatic heterocycles. The first kappa shape index (κ1) is 21.1. The topological polar surface area (TPSA) is 125 Å². The second kappa shape index (κ2) is 13.8. The lowest BCUT2D eigenvalue weighted by atomic mass is 9.99. The summed E-state index contributed by atoms with van der Waals surface area (Å²) in [4.78, 5) is 10.8. The summed E-state index contributed by atoms with van der Waals surface area (Å²) in [5.41, 5.74) is -1.04. The lowest BCUT2D eigenvalue weighted by molar-refractivity contribution is -0.132. The third kappa shape index (κ3) is 9.67. The molecule has 0 aromatic carbocycles. The van der Waals surface area contributed by atoms with E-state index in [-0.39, 0.29) is 18.6 Å². The molecule has 0 saturated carbocycles. The predicted octanol–water partition coefficient (Wildman–Crippen LogP) is 2.67. The van der Waals surface area contributed by atoms with E-state index in [1.54, 1.807) is 6.07 Å². The van der Waals surface area contributed by atoms with Crippen LogP contribution in [0.15, 0.2) is 11.1 Å². The number of rotatable bonds is 13. The van der Waals surface area contributed by atoms with Crippen LogP contribution in [0.3, 0.4) is 0 Å². The summed E-state index contributed by atoms with van der Waals surface area (Å²) >= 11 is 0. The van der Waals surface area contributed by atoms with Gasteiger partial charge >= 0.3 is 5.97 Å². The minimum absolute atomic E-state index is 0.261. The second-order valence-electron chi connectivity index (χ2n) is 5.53. The molecule has 128 valence electrons. The summed E-state index contributed by atoms with van der Waals surface area (Å²) in [5.74, 6) is -1.48. The molecule has 3 N–H and O–H groups in total. The van der Waals surface area contributed by atoms with Crippen molar-refractivity contribution in [1.29, 1.82) is 10.5 Å². The van der Waals surface area contributed by atoms with Crippen molar-refractivity contribution in [2.24, 2.45) is 0 Å². The van der Waals surface area contributed by atoms with E-state index in [0.717, 1.165) is 51.4 Å². The molecule has 0 fully saturated rings. The minimum atomic E-state index is -1.48. The molecule has 0 aliphatic carbocycles. The fourth-order valence-corrected chi connectivity index (χ4v) is 2.35. The molecule has 0 aromatic heterocycles. The summed E-state index contributed by atoms with van der Waals surface area (Å²) in [6, 6.07) is 3.08. The van der Waals surface area contributed by atoms with Crippen LogP contribution < -0.4 is 0 Å². The van der Waals surface area contributed by atoms with Crippen LogP contribution in [0.25, 0.3) is 0 Å². The number of hydrogen-bond acceptors (Lipinski definition) is 5. The monoisotopic (exact) mass is 322 g/mol. The number of aliphatic hydroxyl groups is 2. The van der Waals surface area contributed by atoms with Gasteiger partial charge in [-0.2, -0.15) is 10.5 Å². The highest BCUT2D eigenvalue weighted by molar-refractivity contribution is 5.93. The third-order valence-corrected chi connectivity index (χ3v) is 3.68. The van der Waals surface area contributed by atoms with Crippen molar-refractivity contribution in [3.8, 4) is 12.1 Å². The molecular formula is C17H26N2O4. The van der Waals surface area contributed by atoms with Crippen LogP contribution in [0, 0.1) is 22.7 Å². The maximum absolute atomic E-state index is 10.8. The summed E-state index contributed by atoms with van der Waals surface area (Å²) in [7, 11) is 0. The number of aliphatic hydroxyl groups excluding tert-OH is 2. The standard InChI is InChI=1S/C17H26N2O4/c18-12-14(15(13-19)17(22)23)16(21)10-8-6-4-2-1-3-5-7-9-11-20/h16,20-21H,1-11H2,(H,22,23). The molecule has 0 amide bonds. The lowest BCUT2D eigenvalue weighted by Crippen LogP contribution is -2.14. The fraction of sp³-hybridized carbons (Fsp3) is 0.706. The molecular weight excluding hydrogens is 296 g/mol. The van der Waals surface area contributed by atoms with Gasteiger partial charge in [0.15, 0.2) is 5.57 Å². The number of nitriles is 2. The maximum atomic E-state index is 10.8. The Kier molecular flexibility index (Phi) is 12.6. The van der Waals surface area contributed by atoms with Crippen LogP contribution in [0.2, 0.25) is 0 Å². The largest absolute Gasteiger partial charge is 0.477 e. The molecule has 1 unspecified atom stereocenters. The van der Waals surface area contributed by atoms with Gasteiger partial charge in [-0.15, -0.1) is 0 Å². The van der Waals surface area contributed by atoms with Crippen LogP contribution >= 0.6 is 0 Å². The van der Waals surface area contributed by atoms with E-state index in [2.05, 4.69) is 0 Å². The summed E-state index contributed by atoms with van der Waals surface area (Å²) < 4.78 is 0. The molecule has 0 rings (SSSR count). The van der Waals surface area contributed by atoms with E-state index in [1.807, 2.05) is 0 Å². The molecule has 0 aromatic rings. The average Bonchev–Trinajstić information content (AvgIpc) is 2.53. The van der Waals surface area contributed by atoms with Gasteiger partial charge < -0.3 is 15.3 Å². The zero-order valence-corrected chi connectivity index (χ0v) is 13.5. The zero-order valence-electron chi connectivity index (χ0n) is 13.5. The molecule has 1 atom stereocenters. The van der Waals surface area contributed by atoms with Crippen molar-refractivity contribution in [3.05, 3.63) is 11.1 Å². The van der Waals surface area contributed by atoms with Crippen LogP contribution in [-0.4, -0.2) is 34.0 Å². The molecule has 6 nitrogen and oxygen atoms in total. The summed E-state index contributed by atoms with van der Waals surface area (Å²) in [6.07, 6.45) is 8.21. The van der Waals surface area contributed by atoms with Gasteiger partial charge in [-0.25, -0.2) is 4.79 Å². The molecule has 0 heterocycles. The number of carboxylic acids is 1. The normalized spacial score (nSPS) is 12.9. The van der Waals surface area contributed by atoms with Crippen molar-refractivity contribution in [2.45, 2.75) is 70.3 Å². The number of aliphatic carboxylic acids is 1. The Balaban J connectivity index is 3.91. The molecule has 6 heteroatoms. The van der Waals surface area contributed by atoms with Gasteiger partial charge in [0.1, 0.15) is 6.07 Å². The molecule has 0 bridgehead atoms. The third-order valence-electron chi connectivity index (χ3n) is 3.68. The van der Waals surface area contributed by atoms with Crippen molar-refractivity contribution in [3.63, 3.8) is 0 Å². The van der Waals surface area contributed by atoms with Gasteiger partial charge in [0.05, 0.1) is 17.7 Å². The van der Waals surface area contributed by atoms with Gasteiger partial charge in [-0.05, 0) is 12.8 Å². The number of hydrogen-bond donors (Lipinski definition) is 3. The first-order valence-electron chi connectivity index (χ1n) is 8.15. The quantitative estimate of drug-likeness (QED) is 0.272. The zero-order chi connectivity index (χ0) is 17.5. The Bertz CT molecular complexity index is 460. The number of carbonyl (C=O) groups is 1. The smallest absolute Gasteiger partial charge is 0.347 e. The molecule has 23 heavy (non-hydrogen) atoms. The van der Waals surface area contributed by atoms with Crippen LogP contribution in [-0.2, 0) is 4.79 Å². The lowest BCUT2D eigenvalue weighted by Gasteiger charge is -2.09. The fourth-order valence-electron chi connectivity index (χ4n) is 2.35. The SMILES string of the molecule is N#CC(C(=O)O)=C(C#N)C(O)CCCCCCCCCCCO. The predicted molar refractivity (Wildman–Crippen MR) is 85.2 cm³/mol. The van der Waals surface area contributed by atoms with E-state index >= 15 is 0 Å². The Labute approximate surface area is 137 Å². The highest BCUT2D eigenvalue weighted by atomic mass is 16.4. The summed E-state index contributed by atoms with van der Waals surface area (Å²) in [6.45, 7) is 0.261. The Morgan fingerprint density at radius 1 is 0.870 bits per heavy atom. The molecule has 0 spiro atoms. The highest BCUT2D eigenvalue weighted by Gasteiger charge is 2.20. The van der Waals surface area contributed by atoms with E-state index in [4.69, 9.17) is 20.7 Å². The first-order chi connectivity index (χ1) is 11.1. The van der Waals surface area contributed by atoms with Crippen molar-refractivity contribution >= 4 is 5.97 Å². The minimum Gasteiger partial charge on any atom is -0.477 e. The van der Waals surface area contributed by atoms with E-state index in [9.17, 15) is 9.90 Å². The van der Waals surface area contributed by atoms with Gasteiger partial charge in [0.2, 0.25) is 0 Å². The van der Waals surface area contributed by atoms with Crippen molar-refractivity contribution in [1.82, 2.24) is 0 Å². The van der Waals surface area contributed by atoms with Gasteiger partial charge in [-0.1, -0.05) is 51.4 Å². The van der Waals surface area contributed by atoms with E-state index in [1.165, 1.54) is 6.07 Å².